The van der Waals surface area contributed by atoms with E-state index in [1.54, 1.807) is 6.92 Å². The molecule has 0 unspecified atom stereocenters. The first-order chi connectivity index (χ1) is 11.7. The maximum absolute atomic E-state index is 12.7. The normalized spacial score (nSPS) is 15.7. The number of carbonyl (C=O) groups is 2. The summed E-state index contributed by atoms with van der Waals surface area (Å²) in [5.74, 6) is -0.364. The minimum atomic E-state index is -0.858. The Kier molecular flexibility index (Phi) is 4.50. The Bertz CT molecular complexity index is 819. The number of aromatic nitrogens is 1. The second-order valence-electron chi connectivity index (χ2n) is 7.67. The molecule has 5 nitrogen and oxygen atoms in total. The lowest BCUT2D eigenvalue weighted by molar-refractivity contribution is -0.130. The number of pyridine rings is 1. The Morgan fingerprint density at radius 1 is 1.24 bits per heavy atom. The molecule has 1 aromatic carbocycles. The van der Waals surface area contributed by atoms with Crippen molar-refractivity contribution < 1.29 is 14.3 Å². The van der Waals surface area contributed by atoms with Gasteiger partial charge in [0.2, 0.25) is 0 Å². The van der Waals surface area contributed by atoms with Crippen LogP contribution in [0, 0.1) is 0 Å². The molecule has 1 N–H and O–H groups in total. The second kappa shape index (κ2) is 6.47. The Balaban J connectivity index is 1.85. The molecule has 0 bridgehead atoms. The molecule has 1 fully saturated rings. The van der Waals surface area contributed by atoms with Gasteiger partial charge in [-0.25, -0.2) is 4.79 Å². The summed E-state index contributed by atoms with van der Waals surface area (Å²) in [6.07, 6.45) is 1.34. The standard InChI is InChI=1S/C20H24N2O3/c1-12(18(23)22-20(2,3)4)25-19(24)15-11-17(13-9-10-13)21-16-8-6-5-7-14(15)16/h5-8,11-13H,9-10H2,1-4H3,(H,22,23)/t12-/m1/s1. The number of ether oxygens (including phenoxy) is 1. The quantitative estimate of drug-likeness (QED) is 0.864. The molecule has 1 aliphatic rings. The van der Waals surface area contributed by atoms with Gasteiger partial charge in [0, 0.05) is 22.5 Å². The van der Waals surface area contributed by atoms with Gasteiger partial charge in [-0.1, -0.05) is 18.2 Å². The maximum Gasteiger partial charge on any atom is 0.339 e. The molecule has 0 aliphatic heterocycles. The van der Waals surface area contributed by atoms with E-state index in [2.05, 4.69) is 10.3 Å². The lowest BCUT2D eigenvalue weighted by atomic mass is 10.1. The number of fused-ring (bicyclic) bond motifs is 1. The van der Waals surface area contributed by atoms with Crippen LogP contribution in [-0.4, -0.2) is 28.5 Å². The van der Waals surface area contributed by atoms with Crippen molar-refractivity contribution >= 4 is 22.8 Å². The monoisotopic (exact) mass is 340 g/mol. The number of esters is 1. The molecule has 1 atom stereocenters. The molecule has 132 valence electrons. The molecule has 1 heterocycles. The average Bonchev–Trinajstić information content (AvgIpc) is 3.36. The lowest BCUT2D eigenvalue weighted by Gasteiger charge is -2.23. The molecule has 0 radical (unpaired) electrons. The molecule has 0 saturated heterocycles. The third-order valence-corrected chi connectivity index (χ3v) is 4.10. The number of hydrogen-bond donors (Lipinski definition) is 1. The zero-order valence-electron chi connectivity index (χ0n) is 15.1. The highest BCUT2D eigenvalue weighted by molar-refractivity contribution is 6.04. The van der Waals surface area contributed by atoms with Gasteiger partial charge in [-0.15, -0.1) is 0 Å². The van der Waals surface area contributed by atoms with Crippen molar-refractivity contribution in [3.8, 4) is 0 Å². The van der Waals surface area contributed by atoms with Crippen LogP contribution in [-0.2, 0) is 9.53 Å². The predicted molar refractivity (Wildman–Crippen MR) is 96.5 cm³/mol. The molecule has 1 saturated carbocycles. The summed E-state index contributed by atoms with van der Waals surface area (Å²) >= 11 is 0. The van der Waals surface area contributed by atoms with Crippen LogP contribution in [0.4, 0.5) is 0 Å². The lowest BCUT2D eigenvalue weighted by Crippen LogP contribution is -2.46. The van der Waals surface area contributed by atoms with E-state index in [4.69, 9.17) is 4.74 Å². The summed E-state index contributed by atoms with van der Waals surface area (Å²) in [7, 11) is 0. The van der Waals surface area contributed by atoms with E-state index in [1.807, 2.05) is 51.1 Å². The highest BCUT2D eigenvalue weighted by atomic mass is 16.5. The largest absolute Gasteiger partial charge is 0.449 e. The molecular formula is C20H24N2O3. The average molecular weight is 340 g/mol. The smallest absolute Gasteiger partial charge is 0.339 e. The van der Waals surface area contributed by atoms with Crippen LogP contribution >= 0.6 is 0 Å². The molecule has 25 heavy (non-hydrogen) atoms. The number of amides is 1. The number of para-hydroxylation sites is 1. The SMILES string of the molecule is C[C@@H](OC(=O)c1cc(C2CC2)nc2ccccc12)C(=O)NC(C)(C)C. The van der Waals surface area contributed by atoms with Gasteiger partial charge in [-0.2, -0.15) is 0 Å². The number of rotatable bonds is 4. The van der Waals surface area contributed by atoms with E-state index in [1.165, 1.54) is 0 Å². The Morgan fingerprint density at radius 2 is 1.92 bits per heavy atom. The second-order valence-corrected chi connectivity index (χ2v) is 7.67. The summed E-state index contributed by atoms with van der Waals surface area (Å²) in [5, 5.41) is 3.57. The van der Waals surface area contributed by atoms with Crippen molar-refractivity contribution in [2.45, 2.75) is 58.1 Å². The molecule has 5 heteroatoms. The van der Waals surface area contributed by atoms with Crippen molar-refractivity contribution in [3.63, 3.8) is 0 Å². The number of nitrogens with one attached hydrogen (secondary N) is 1. The summed E-state index contributed by atoms with van der Waals surface area (Å²) in [4.78, 5) is 29.5. The fourth-order valence-electron chi connectivity index (χ4n) is 2.70. The Labute approximate surface area is 147 Å². The molecule has 2 aromatic rings. The van der Waals surface area contributed by atoms with E-state index < -0.39 is 12.1 Å². The van der Waals surface area contributed by atoms with Crippen LogP contribution < -0.4 is 5.32 Å². The summed E-state index contributed by atoms with van der Waals surface area (Å²) in [6, 6.07) is 9.34. The van der Waals surface area contributed by atoms with E-state index >= 15 is 0 Å². The number of nitrogens with zero attached hydrogens (tertiary/aromatic N) is 1. The first-order valence-corrected chi connectivity index (χ1v) is 8.67. The minimum absolute atomic E-state index is 0.304. The van der Waals surface area contributed by atoms with Crippen LogP contribution in [0.3, 0.4) is 0 Å². The third kappa shape index (κ3) is 4.16. The zero-order valence-corrected chi connectivity index (χ0v) is 15.1. The van der Waals surface area contributed by atoms with Crippen molar-refractivity contribution in [1.82, 2.24) is 10.3 Å². The van der Waals surface area contributed by atoms with Gasteiger partial charge in [0.1, 0.15) is 0 Å². The van der Waals surface area contributed by atoms with Crippen molar-refractivity contribution in [2.24, 2.45) is 0 Å². The highest BCUT2D eigenvalue weighted by Crippen LogP contribution is 2.40. The summed E-state index contributed by atoms with van der Waals surface area (Å²) < 4.78 is 5.43. The van der Waals surface area contributed by atoms with Gasteiger partial charge in [-0.3, -0.25) is 9.78 Å². The van der Waals surface area contributed by atoms with Crippen LogP contribution in [0.5, 0.6) is 0 Å². The number of benzene rings is 1. The first-order valence-electron chi connectivity index (χ1n) is 8.67. The van der Waals surface area contributed by atoms with Crippen LogP contribution in [0.2, 0.25) is 0 Å². The minimum Gasteiger partial charge on any atom is -0.449 e. The fourth-order valence-corrected chi connectivity index (χ4v) is 2.70. The van der Waals surface area contributed by atoms with Crippen LogP contribution in [0.1, 0.15) is 62.5 Å². The molecule has 3 rings (SSSR count). The van der Waals surface area contributed by atoms with Gasteiger partial charge < -0.3 is 10.1 Å². The number of carbonyl (C=O) groups excluding carboxylic acids is 2. The van der Waals surface area contributed by atoms with Gasteiger partial charge in [0.15, 0.2) is 6.10 Å². The Hall–Kier alpha value is -2.43. The molecule has 1 amide bonds. The van der Waals surface area contributed by atoms with Gasteiger partial charge in [0.05, 0.1) is 11.1 Å². The van der Waals surface area contributed by atoms with Crippen LogP contribution in [0.25, 0.3) is 10.9 Å². The van der Waals surface area contributed by atoms with Gasteiger partial charge >= 0.3 is 5.97 Å². The zero-order chi connectivity index (χ0) is 18.2. The fraction of sp³-hybridized carbons (Fsp3) is 0.450. The van der Waals surface area contributed by atoms with Crippen molar-refractivity contribution in [1.29, 1.82) is 0 Å². The predicted octanol–water partition coefficient (Wildman–Crippen LogP) is 3.57. The van der Waals surface area contributed by atoms with E-state index in [0.29, 0.717) is 11.5 Å². The molecule has 1 aromatic heterocycles. The summed E-state index contributed by atoms with van der Waals surface area (Å²) in [5.41, 5.74) is 1.81. The highest BCUT2D eigenvalue weighted by Gasteiger charge is 2.28. The van der Waals surface area contributed by atoms with Crippen molar-refractivity contribution in [2.75, 3.05) is 0 Å². The first kappa shape index (κ1) is 17.4. The van der Waals surface area contributed by atoms with E-state index in [0.717, 1.165) is 29.4 Å². The number of hydrogen-bond acceptors (Lipinski definition) is 4. The van der Waals surface area contributed by atoms with Gasteiger partial charge in [-0.05, 0) is 52.7 Å². The summed E-state index contributed by atoms with van der Waals surface area (Å²) in [6.45, 7) is 7.25. The van der Waals surface area contributed by atoms with E-state index in [-0.39, 0.29) is 11.4 Å². The third-order valence-electron chi connectivity index (χ3n) is 4.10. The topological polar surface area (TPSA) is 68.3 Å². The van der Waals surface area contributed by atoms with E-state index in [9.17, 15) is 9.59 Å². The van der Waals surface area contributed by atoms with Gasteiger partial charge in [0.25, 0.3) is 5.91 Å². The Morgan fingerprint density at radius 3 is 2.56 bits per heavy atom. The molecule has 0 spiro atoms. The maximum atomic E-state index is 12.7. The van der Waals surface area contributed by atoms with Crippen molar-refractivity contribution in [3.05, 3.63) is 41.6 Å². The van der Waals surface area contributed by atoms with Crippen LogP contribution in [0.15, 0.2) is 30.3 Å². The molecular weight excluding hydrogens is 316 g/mol. The molecule has 1 aliphatic carbocycles.